The fraction of sp³-hybridized carbons (Fsp3) is 1.00. The number of hydrogen-bond acceptors (Lipinski definition) is 3. The van der Waals surface area contributed by atoms with Crippen LogP contribution in [0.2, 0.25) is 0 Å². The van der Waals surface area contributed by atoms with E-state index in [1.165, 1.54) is 0 Å². The van der Waals surface area contributed by atoms with Gasteiger partial charge in [-0.05, 0) is 6.42 Å². The first-order valence-corrected chi connectivity index (χ1v) is 4.68. The Labute approximate surface area is 73.6 Å². The van der Waals surface area contributed by atoms with Gasteiger partial charge in [0.05, 0.1) is 31.9 Å². The van der Waals surface area contributed by atoms with E-state index in [4.69, 9.17) is 9.57 Å². The van der Waals surface area contributed by atoms with Crippen molar-refractivity contribution in [2.45, 2.75) is 31.9 Å². The minimum absolute atomic E-state index is 0.0840. The van der Waals surface area contributed by atoms with E-state index in [2.05, 4.69) is 18.9 Å². The van der Waals surface area contributed by atoms with Gasteiger partial charge in [0.25, 0.3) is 0 Å². The number of rotatable bonds is 2. The monoisotopic (exact) mass is 171 g/mol. The number of ether oxygens (including phenoxy) is 1. The van der Waals surface area contributed by atoms with Gasteiger partial charge in [0.15, 0.2) is 0 Å². The van der Waals surface area contributed by atoms with Gasteiger partial charge in [-0.15, -0.1) is 0 Å². The Morgan fingerprint density at radius 3 is 2.83 bits per heavy atom. The molecule has 3 nitrogen and oxygen atoms in total. The van der Waals surface area contributed by atoms with Crippen LogP contribution < -0.4 is 0 Å². The Morgan fingerprint density at radius 1 is 1.67 bits per heavy atom. The molecule has 2 aliphatic heterocycles. The molecule has 2 bridgehead atoms. The van der Waals surface area contributed by atoms with E-state index in [-0.39, 0.29) is 5.60 Å². The maximum absolute atomic E-state index is 5.81. The Kier molecular flexibility index (Phi) is 1.90. The Bertz CT molecular complexity index is 185. The van der Waals surface area contributed by atoms with Crippen molar-refractivity contribution in [1.82, 2.24) is 5.06 Å². The summed E-state index contributed by atoms with van der Waals surface area (Å²) >= 11 is 0. The molecule has 0 aromatic heterocycles. The van der Waals surface area contributed by atoms with Gasteiger partial charge < -0.3 is 9.57 Å². The topological polar surface area (TPSA) is 21.7 Å². The molecule has 0 aliphatic carbocycles. The van der Waals surface area contributed by atoms with E-state index in [1.807, 2.05) is 0 Å². The van der Waals surface area contributed by atoms with Crippen LogP contribution in [-0.4, -0.2) is 37.0 Å². The lowest BCUT2D eigenvalue weighted by molar-refractivity contribution is -0.194. The maximum atomic E-state index is 5.81. The summed E-state index contributed by atoms with van der Waals surface area (Å²) in [4.78, 5) is 5.30. The van der Waals surface area contributed by atoms with Crippen LogP contribution in [0.25, 0.3) is 0 Å². The number of morpholine rings is 1. The van der Waals surface area contributed by atoms with E-state index in [0.717, 1.165) is 19.6 Å². The molecule has 0 aromatic rings. The predicted octanol–water partition coefficient (Wildman–Crippen LogP) is 1.05. The minimum Gasteiger partial charge on any atom is -0.372 e. The first-order chi connectivity index (χ1) is 5.73. The maximum Gasteiger partial charge on any atom is 0.0872 e. The highest BCUT2D eigenvalue weighted by Crippen LogP contribution is 2.44. The molecular weight excluding hydrogens is 154 g/mol. The highest BCUT2D eigenvalue weighted by Gasteiger charge is 2.56. The zero-order chi connectivity index (χ0) is 8.77. The second kappa shape index (κ2) is 2.69. The van der Waals surface area contributed by atoms with Crippen molar-refractivity contribution in [2.75, 3.05) is 20.3 Å². The lowest BCUT2D eigenvalue weighted by Gasteiger charge is -2.30. The molecule has 0 amide bonds. The number of hydrogen-bond donors (Lipinski definition) is 0. The average Bonchev–Trinajstić information content (AvgIpc) is 2.58. The van der Waals surface area contributed by atoms with Crippen molar-refractivity contribution in [3.8, 4) is 0 Å². The van der Waals surface area contributed by atoms with Gasteiger partial charge in [-0.1, -0.05) is 13.8 Å². The number of nitrogens with zero attached hydrogens (tertiary/aromatic N) is 1. The van der Waals surface area contributed by atoms with E-state index in [9.17, 15) is 0 Å². The quantitative estimate of drug-likeness (QED) is 0.620. The number of hydroxylamine groups is 2. The highest BCUT2D eigenvalue weighted by atomic mass is 16.7. The first-order valence-electron chi connectivity index (χ1n) is 4.68. The molecule has 0 spiro atoms. The van der Waals surface area contributed by atoms with Crippen molar-refractivity contribution in [2.24, 2.45) is 5.92 Å². The van der Waals surface area contributed by atoms with Crippen molar-refractivity contribution in [3.63, 3.8) is 0 Å². The van der Waals surface area contributed by atoms with Crippen molar-refractivity contribution in [3.05, 3.63) is 0 Å². The van der Waals surface area contributed by atoms with Crippen molar-refractivity contribution >= 4 is 0 Å². The lowest BCUT2D eigenvalue weighted by Crippen LogP contribution is -2.41. The summed E-state index contributed by atoms with van der Waals surface area (Å²) in [6, 6.07) is 0.481. The molecule has 0 aromatic carbocycles. The van der Waals surface area contributed by atoms with Crippen LogP contribution in [0.5, 0.6) is 0 Å². The zero-order valence-electron chi connectivity index (χ0n) is 8.04. The van der Waals surface area contributed by atoms with Gasteiger partial charge in [0.2, 0.25) is 0 Å². The average molecular weight is 171 g/mol. The van der Waals surface area contributed by atoms with Gasteiger partial charge in [-0.25, -0.2) is 0 Å². The minimum atomic E-state index is 0.0840. The Morgan fingerprint density at radius 2 is 2.42 bits per heavy atom. The van der Waals surface area contributed by atoms with Crippen LogP contribution in [0.1, 0.15) is 20.3 Å². The van der Waals surface area contributed by atoms with Crippen molar-refractivity contribution in [1.29, 1.82) is 0 Å². The van der Waals surface area contributed by atoms with Crippen LogP contribution in [0.3, 0.4) is 0 Å². The Hall–Kier alpha value is -0.120. The van der Waals surface area contributed by atoms with Gasteiger partial charge in [0.1, 0.15) is 0 Å². The summed E-state index contributed by atoms with van der Waals surface area (Å²) in [5.74, 6) is 0.613. The van der Waals surface area contributed by atoms with Crippen LogP contribution in [0.15, 0.2) is 0 Å². The smallest absolute Gasteiger partial charge is 0.0872 e. The lowest BCUT2D eigenvalue weighted by atomic mass is 9.89. The molecule has 2 fully saturated rings. The third-order valence-electron chi connectivity index (χ3n) is 3.57. The fourth-order valence-corrected chi connectivity index (χ4v) is 2.52. The molecule has 0 saturated carbocycles. The standard InChI is InChI=1S/C9H17NO2/c1-4-9-6-10(11-3)8(5-12-9)7(9)2/h7-8H,4-6H2,1-3H3/t7-,8-,9-/m1/s1. The molecule has 3 atom stereocenters. The molecule has 2 heterocycles. The molecule has 2 aliphatic rings. The molecule has 12 heavy (non-hydrogen) atoms. The molecule has 2 saturated heterocycles. The molecule has 70 valence electrons. The summed E-state index contributed by atoms with van der Waals surface area (Å²) in [5.41, 5.74) is 0.0840. The fourth-order valence-electron chi connectivity index (χ4n) is 2.52. The van der Waals surface area contributed by atoms with E-state index in [1.54, 1.807) is 7.11 Å². The third-order valence-corrected chi connectivity index (χ3v) is 3.57. The summed E-state index contributed by atoms with van der Waals surface area (Å²) in [5, 5.41) is 2.07. The summed E-state index contributed by atoms with van der Waals surface area (Å²) in [7, 11) is 1.75. The molecule has 0 N–H and O–H groups in total. The Balaban J connectivity index is 2.18. The summed E-state index contributed by atoms with van der Waals surface area (Å²) < 4.78 is 5.81. The second-order valence-corrected chi connectivity index (χ2v) is 3.84. The third kappa shape index (κ3) is 0.873. The van der Waals surface area contributed by atoms with Crippen LogP contribution in [0.4, 0.5) is 0 Å². The molecule has 0 unspecified atom stereocenters. The molecular formula is C9H17NO2. The van der Waals surface area contributed by atoms with Gasteiger partial charge in [-0.2, -0.15) is 5.06 Å². The van der Waals surface area contributed by atoms with E-state index in [0.29, 0.717) is 12.0 Å². The number of fused-ring (bicyclic) bond motifs is 2. The first kappa shape index (κ1) is 8.48. The molecule has 2 rings (SSSR count). The van der Waals surface area contributed by atoms with Crippen LogP contribution in [-0.2, 0) is 9.57 Å². The molecule has 0 radical (unpaired) electrons. The predicted molar refractivity (Wildman–Crippen MR) is 45.6 cm³/mol. The van der Waals surface area contributed by atoms with Crippen LogP contribution in [0, 0.1) is 5.92 Å². The van der Waals surface area contributed by atoms with Gasteiger partial charge >= 0.3 is 0 Å². The van der Waals surface area contributed by atoms with Gasteiger partial charge in [0, 0.05) is 5.92 Å². The normalized spacial score (nSPS) is 47.2. The van der Waals surface area contributed by atoms with E-state index >= 15 is 0 Å². The summed E-state index contributed by atoms with van der Waals surface area (Å²) in [6.07, 6.45) is 1.09. The molecule has 3 heteroatoms. The van der Waals surface area contributed by atoms with Crippen LogP contribution >= 0.6 is 0 Å². The zero-order valence-corrected chi connectivity index (χ0v) is 8.04. The summed E-state index contributed by atoms with van der Waals surface area (Å²) in [6.45, 7) is 6.23. The SMILES string of the molecule is CC[C@]12CN(OC)[C@H](CO1)[C@H]2C. The van der Waals surface area contributed by atoms with Gasteiger partial charge in [-0.3, -0.25) is 0 Å². The second-order valence-electron chi connectivity index (χ2n) is 3.84. The van der Waals surface area contributed by atoms with E-state index < -0.39 is 0 Å². The van der Waals surface area contributed by atoms with Crippen molar-refractivity contribution < 1.29 is 9.57 Å². The largest absolute Gasteiger partial charge is 0.372 e. The highest BCUT2D eigenvalue weighted by molar-refractivity contribution is 5.04.